The Labute approximate surface area is 133 Å². The summed E-state index contributed by atoms with van der Waals surface area (Å²) < 4.78 is 27.3. The smallest absolute Gasteiger partial charge is 0.207 e. The van der Waals surface area contributed by atoms with Crippen molar-refractivity contribution in [2.75, 3.05) is 13.1 Å². The molecule has 1 aliphatic heterocycles. The minimum absolute atomic E-state index is 0.445. The normalized spacial score (nSPS) is 26.6. The summed E-state index contributed by atoms with van der Waals surface area (Å²) in [6.07, 6.45) is 9.00. The molecule has 0 atom stereocenters. The van der Waals surface area contributed by atoms with Crippen LogP contribution < -0.4 is 0 Å². The van der Waals surface area contributed by atoms with Crippen LogP contribution in [0.4, 0.5) is 0 Å². The third-order valence-electron chi connectivity index (χ3n) is 6.86. The van der Waals surface area contributed by atoms with E-state index < -0.39 is 10.0 Å². The zero-order valence-corrected chi connectivity index (χ0v) is 14.2. The van der Waals surface area contributed by atoms with Crippen LogP contribution in [0.2, 0.25) is 0 Å². The Kier molecular flexibility index (Phi) is 3.22. The van der Waals surface area contributed by atoms with Crippen molar-refractivity contribution in [3.05, 3.63) is 29.8 Å². The standard InChI is InChI=1S/C18H25NO2S/c1-15-3-5-16(6-4-15)22(20,21)19-13-11-18(12-14-19)10-9-17(18)7-2-8-17/h3-6H,2,7-14H2,1H3. The van der Waals surface area contributed by atoms with Crippen LogP contribution in [-0.2, 0) is 10.0 Å². The maximum Gasteiger partial charge on any atom is 0.243 e. The molecule has 1 aromatic carbocycles. The summed E-state index contributed by atoms with van der Waals surface area (Å²) in [4.78, 5) is 0.445. The van der Waals surface area contributed by atoms with E-state index in [0.29, 0.717) is 28.8 Å². The van der Waals surface area contributed by atoms with Gasteiger partial charge in [0.1, 0.15) is 0 Å². The highest BCUT2D eigenvalue weighted by molar-refractivity contribution is 7.89. The Morgan fingerprint density at radius 3 is 1.86 bits per heavy atom. The van der Waals surface area contributed by atoms with Gasteiger partial charge >= 0.3 is 0 Å². The van der Waals surface area contributed by atoms with Crippen LogP contribution in [0.25, 0.3) is 0 Å². The molecule has 0 unspecified atom stereocenters. The van der Waals surface area contributed by atoms with Gasteiger partial charge in [-0.05, 0) is 68.4 Å². The fourth-order valence-electron chi connectivity index (χ4n) is 5.01. The summed E-state index contributed by atoms with van der Waals surface area (Å²) in [6, 6.07) is 7.25. The summed E-state index contributed by atoms with van der Waals surface area (Å²) in [5, 5.41) is 0. The molecule has 0 N–H and O–H groups in total. The molecule has 120 valence electrons. The van der Waals surface area contributed by atoms with Gasteiger partial charge in [0.2, 0.25) is 10.0 Å². The van der Waals surface area contributed by atoms with Crippen LogP contribution in [0.3, 0.4) is 0 Å². The summed E-state index contributed by atoms with van der Waals surface area (Å²) >= 11 is 0. The second-order valence-corrected chi connectivity index (χ2v) is 9.57. The van der Waals surface area contributed by atoms with Gasteiger partial charge in [-0.2, -0.15) is 4.31 Å². The molecule has 2 saturated carbocycles. The first kappa shape index (κ1) is 14.7. The van der Waals surface area contributed by atoms with Gasteiger partial charge in [0, 0.05) is 13.1 Å². The number of fused-ring (bicyclic) bond motifs is 1. The lowest BCUT2D eigenvalue weighted by molar-refractivity contribution is -0.161. The zero-order valence-electron chi connectivity index (χ0n) is 13.3. The maximum atomic E-state index is 12.8. The molecule has 3 aliphatic rings. The Hall–Kier alpha value is -0.870. The highest BCUT2D eigenvalue weighted by Crippen LogP contribution is 2.70. The Bertz CT molecular complexity index is 660. The molecule has 0 bridgehead atoms. The topological polar surface area (TPSA) is 37.4 Å². The SMILES string of the molecule is Cc1ccc(S(=O)(=O)N2CCC3(CC2)CCC32CCC2)cc1. The van der Waals surface area contributed by atoms with Crippen molar-refractivity contribution in [2.24, 2.45) is 10.8 Å². The van der Waals surface area contributed by atoms with Gasteiger partial charge in [-0.25, -0.2) is 8.42 Å². The molecule has 1 heterocycles. The van der Waals surface area contributed by atoms with Crippen LogP contribution in [-0.4, -0.2) is 25.8 Å². The Balaban J connectivity index is 1.50. The average molecular weight is 319 g/mol. The highest BCUT2D eigenvalue weighted by Gasteiger charge is 2.61. The zero-order chi connectivity index (χ0) is 15.4. The van der Waals surface area contributed by atoms with Gasteiger partial charge in [0.25, 0.3) is 0 Å². The first-order valence-electron chi connectivity index (χ1n) is 8.55. The van der Waals surface area contributed by atoms with E-state index in [1.54, 1.807) is 16.4 Å². The molecule has 0 amide bonds. The van der Waals surface area contributed by atoms with Crippen molar-refractivity contribution in [3.8, 4) is 0 Å². The molecular formula is C18H25NO2S. The largest absolute Gasteiger partial charge is 0.243 e. The van der Waals surface area contributed by atoms with E-state index in [2.05, 4.69) is 0 Å². The fourth-order valence-corrected chi connectivity index (χ4v) is 6.45. The summed E-state index contributed by atoms with van der Waals surface area (Å²) in [7, 11) is -3.31. The van der Waals surface area contributed by atoms with Crippen LogP contribution in [0.5, 0.6) is 0 Å². The molecule has 4 heteroatoms. The van der Waals surface area contributed by atoms with Gasteiger partial charge < -0.3 is 0 Å². The first-order valence-corrected chi connectivity index (χ1v) is 9.99. The van der Waals surface area contributed by atoms with E-state index in [9.17, 15) is 8.42 Å². The third kappa shape index (κ3) is 1.93. The van der Waals surface area contributed by atoms with Crippen LogP contribution >= 0.6 is 0 Å². The molecule has 1 aromatic rings. The average Bonchev–Trinajstić information content (AvgIpc) is 2.45. The van der Waals surface area contributed by atoms with Crippen molar-refractivity contribution in [2.45, 2.75) is 56.8 Å². The van der Waals surface area contributed by atoms with Crippen LogP contribution in [0.15, 0.2) is 29.2 Å². The van der Waals surface area contributed by atoms with Gasteiger partial charge in [-0.3, -0.25) is 0 Å². The molecule has 2 aliphatic carbocycles. The van der Waals surface area contributed by atoms with E-state index >= 15 is 0 Å². The van der Waals surface area contributed by atoms with E-state index in [0.717, 1.165) is 18.4 Å². The van der Waals surface area contributed by atoms with Crippen LogP contribution in [0.1, 0.15) is 50.5 Å². The minimum atomic E-state index is -3.31. The second-order valence-electron chi connectivity index (χ2n) is 7.63. The lowest BCUT2D eigenvalue weighted by Gasteiger charge is -2.67. The minimum Gasteiger partial charge on any atom is -0.207 e. The van der Waals surface area contributed by atoms with Crippen molar-refractivity contribution in [1.29, 1.82) is 0 Å². The van der Waals surface area contributed by atoms with Gasteiger partial charge in [-0.15, -0.1) is 0 Å². The van der Waals surface area contributed by atoms with Crippen molar-refractivity contribution in [3.63, 3.8) is 0 Å². The van der Waals surface area contributed by atoms with Crippen LogP contribution in [0, 0.1) is 17.8 Å². The number of aryl methyl sites for hydroxylation is 1. The quantitative estimate of drug-likeness (QED) is 0.833. The van der Waals surface area contributed by atoms with Gasteiger partial charge in [0.15, 0.2) is 0 Å². The fraction of sp³-hybridized carbons (Fsp3) is 0.667. The molecule has 0 aromatic heterocycles. The number of rotatable bonds is 2. The lowest BCUT2D eigenvalue weighted by Crippen LogP contribution is -2.59. The summed E-state index contributed by atoms with van der Waals surface area (Å²) in [5.74, 6) is 0. The third-order valence-corrected chi connectivity index (χ3v) is 8.77. The van der Waals surface area contributed by atoms with Crippen molar-refractivity contribution >= 4 is 10.0 Å². The molecule has 3 nitrogen and oxygen atoms in total. The molecule has 4 rings (SSSR count). The molecular weight excluding hydrogens is 294 g/mol. The molecule has 3 fully saturated rings. The van der Waals surface area contributed by atoms with Gasteiger partial charge in [0.05, 0.1) is 4.90 Å². The van der Waals surface area contributed by atoms with Crippen molar-refractivity contribution < 1.29 is 8.42 Å². The predicted octanol–water partition coefficient (Wildman–Crippen LogP) is 3.73. The van der Waals surface area contributed by atoms with Gasteiger partial charge in [-0.1, -0.05) is 24.1 Å². The van der Waals surface area contributed by atoms with E-state index in [-0.39, 0.29) is 0 Å². The highest BCUT2D eigenvalue weighted by atomic mass is 32.2. The molecule has 0 radical (unpaired) electrons. The van der Waals surface area contributed by atoms with E-state index in [1.165, 1.54) is 32.1 Å². The lowest BCUT2D eigenvalue weighted by atomic mass is 9.39. The molecule has 1 saturated heterocycles. The van der Waals surface area contributed by atoms with E-state index in [1.807, 2.05) is 19.1 Å². The molecule has 22 heavy (non-hydrogen) atoms. The van der Waals surface area contributed by atoms with E-state index in [4.69, 9.17) is 0 Å². The summed E-state index contributed by atoms with van der Waals surface area (Å²) in [5.41, 5.74) is 2.18. The maximum absolute atomic E-state index is 12.8. The number of sulfonamides is 1. The number of piperidine rings is 1. The Morgan fingerprint density at radius 1 is 0.864 bits per heavy atom. The number of hydrogen-bond acceptors (Lipinski definition) is 2. The van der Waals surface area contributed by atoms with Crippen molar-refractivity contribution in [1.82, 2.24) is 4.31 Å². The predicted molar refractivity (Wildman–Crippen MR) is 87.1 cm³/mol. The number of nitrogens with zero attached hydrogens (tertiary/aromatic N) is 1. The number of hydrogen-bond donors (Lipinski definition) is 0. The monoisotopic (exact) mass is 319 g/mol. The first-order chi connectivity index (χ1) is 10.5. The molecule has 2 spiro atoms. The summed E-state index contributed by atoms with van der Waals surface area (Å²) in [6.45, 7) is 3.39. The second kappa shape index (κ2) is 4.81. The Morgan fingerprint density at radius 2 is 1.41 bits per heavy atom. The number of benzene rings is 1.